The first kappa shape index (κ1) is 32.6. The van der Waals surface area contributed by atoms with Gasteiger partial charge in [-0.3, -0.25) is 19.5 Å². The van der Waals surface area contributed by atoms with E-state index >= 15 is 0 Å². The molecule has 3 aliphatic heterocycles. The molecular weight excluding hydrogens is 573 g/mol. The molecule has 45 heavy (non-hydrogen) atoms. The van der Waals surface area contributed by atoms with Crippen molar-refractivity contribution in [1.82, 2.24) is 19.7 Å². The maximum absolute atomic E-state index is 14.2. The third kappa shape index (κ3) is 7.06. The van der Waals surface area contributed by atoms with Crippen LogP contribution in [0.25, 0.3) is 0 Å². The molecule has 2 atom stereocenters. The number of aromatic nitrogens is 1. The molecule has 0 bridgehead atoms. The average molecular weight is 620 g/mol. The number of carbonyl (C=O) groups is 3. The molecule has 1 aromatic carbocycles. The fraction of sp³-hybridized carbons (Fsp3) is 0.543. The molecule has 0 unspecified atom stereocenters. The molecule has 242 valence electrons. The molecule has 3 amide bonds. The maximum Gasteiger partial charge on any atom is 0.410 e. The van der Waals surface area contributed by atoms with E-state index in [1.54, 1.807) is 17.0 Å². The molecule has 0 aliphatic carbocycles. The van der Waals surface area contributed by atoms with E-state index in [-0.39, 0.29) is 47.8 Å². The van der Waals surface area contributed by atoms with Crippen LogP contribution < -0.4 is 4.90 Å². The standard InChI is InChI=1S/C35H46FN5O4/c1-22-16-39(32(43)24(22)3)18-28-19-40(33(44)45-34(4,5)6)23(2)17-38(28)20-30(42)41-21-35(7,8)31-29(41)14-26(15-37-31)13-25-9-11-27(36)12-10-25/h9-12,14-15,23,28H,13,16-21H2,1-8H3/t23-,28+/m1/s1. The van der Waals surface area contributed by atoms with Crippen molar-refractivity contribution in [3.05, 3.63) is 70.3 Å². The van der Waals surface area contributed by atoms with Crippen molar-refractivity contribution in [2.24, 2.45) is 0 Å². The maximum atomic E-state index is 14.2. The highest BCUT2D eigenvalue weighted by molar-refractivity contribution is 5.98. The number of halogens is 1. The van der Waals surface area contributed by atoms with E-state index in [0.29, 0.717) is 39.1 Å². The molecule has 5 rings (SSSR count). The Morgan fingerprint density at radius 3 is 2.40 bits per heavy atom. The summed E-state index contributed by atoms with van der Waals surface area (Å²) in [4.78, 5) is 52.7. The molecule has 10 heteroatoms. The van der Waals surface area contributed by atoms with Crippen LogP contribution in [-0.4, -0.2) is 94.5 Å². The van der Waals surface area contributed by atoms with Gasteiger partial charge < -0.3 is 19.4 Å². The van der Waals surface area contributed by atoms with Gasteiger partial charge in [-0.05, 0) is 82.9 Å². The van der Waals surface area contributed by atoms with Gasteiger partial charge in [-0.25, -0.2) is 9.18 Å². The summed E-state index contributed by atoms with van der Waals surface area (Å²) in [5.41, 5.74) is 4.40. The predicted molar refractivity (Wildman–Crippen MR) is 172 cm³/mol. The van der Waals surface area contributed by atoms with Gasteiger partial charge in [0.1, 0.15) is 11.4 Å². The zero-order valence-corrected chi connectivity index (χ0v) is 27.8. The summed E-state index contributed by atoms with van der Waals surface area (Å²) in [6, 6.07) is 8.00. The van der Waals surface area contributed by atoms with Gasteiger partial charge in [0.15, 0.2) is 0 Å². The molecule has 0 N–H and O–H groups in total. The van der Waals surface area contributed by atoms with Gasteiger partial charge in [-0.2, -0.15) is 0 Å². The molecule has 1 aromatic heterocycles. The first-order valence-corrected chi connectivity index (χ1v) is 15.8. The molecule has 2 aromatic rings. The van der Waals surface area contributed by atoms with Crippen molar-refractivity contribution in [3.8, 4) is 0 Å². The van der Waals surface area contributed by atoms with Gasteiger partial charge in [0.05, 0.1) is 17.9 Å². The highest BCUT2D eigenvalue weighted by atomic mass is 19.1. The summed E-state index contributed by atoms with van der Waals surface area (Å²) in [6.07, 6.45) is 2.03. The Morgan fingerprint density at radius 2 is 1.78 bits per heavy atom. The van der Waals surface area contributed by atoms with Gasteiger partial charge in [-0.15, -0.1) is 0 Å². The molecule has 1 fully saturated rings. The minimum Gasteiger partial charge on any atom is -0.444 e. The van der Waals surface area contributed by atoms with E-state index in [1.807, 2.05) is 63.6 Å². The second-order valence-electron chi connectivity index (χ2n) is 14.5. The minimum absolute atomic E-state index is 0.00352. The summed E-state index contributed by atoms with van der Waals surface area (Å²) >= 11 is 0. The number of fused-ring (bicyclic) bond motifs is 1. The average Bonchev–Trinajstić information content (AvgIpc) is 3.36. The molecule has 0 spiro atoms. The van der Waals surface area contributed by atoms with E-state index in [9.17, 15) is 18.8 Å². The van der Waals surface area contributed by atoms with Crippen LogP contribution in [0.4, 0.5) is 14.9 Å². The lowest BCUT2D eigenvalue weighted by molar-refractivity contribution is -0.127. The second-order valence-corrected chi connectivity index (χ2v) is 14.5. The summed E-state index contributed by atoms with van der Waals surface area (Å²) in [7, 11) is 0. The Kier molecular flexibility index (Phi) is 8.83. The molecular formula is C35H46FN5O4. The number of ether oxygens (including phenoxy) is 1. The first-order valence-electron chi connectivity index (χ1n) is 15.8. The number of hydrogen-bond donors (Lipinski definition) is 0. The number of piperazine rings is 1. The number of carbonyl (C=O) groups excluding carboxylic acids is 3. The molecule has 9 nitrogen and oxygen atoms in total. The smallest absolute Gasteiger partial charge is 0.410 e. The van der Waals surface area contributed by atoms with E-state index in [1.165, 1.54) is 12.1 Å². The monoisotopic (exact) mass is 619 g/mol. The Labute approximate surface area is 266 Å². The number of amides is 3. The van der Waals surface area contributed by atoms with Crippen LogP contribution in [0.2, 0.25) is 0 Å². The van der Waals surface area contributed by atoms with Crippen LogP contribution in [0, 0.1) is 5.82 Å². The van der Waals surface area contributed by atoms with E-state index in [0.717, 1.165) is 33.7 Å². The molecule has 0 radical (unpaired) electrons. The summed E-state index contributed by atoms with van der Waals surface area (Å²) < 4.78 is 19.2. The number of nitrogens with zero attached hydrogens (tertiary/aromatic N) is 5. The van der Waals surface area contributed by atoms with Crippen molar-refractivity contribution in [3.63, 3.8) is 0 Å². The zero-order chi connectivity index (χ0) is 32.8. The van der Waals surface area contributed by atoms with Crippen molar-refractivity contribution < 1.29 is 23.5 Å². The third-order valence-electron chi connectivity index (χ3n) is 9.06. The molecule has 0 saturated carbocycles. The quantitative estimate of drug-likeness (QED) is 0.456. The van der Waals surface area contributed by atoms with Gasteiger partial charge in [0, 0.05) is 62.0 Å². The van der Waals surface area contributed by atoms with Crippen LogP contribution in [-0.2, 0) is 26.2 Å². The number of pyridine rings is 1. The van der Waals surface area contributed by atoms with Crippen molar-refractivity contribution >= 4 is 23.6 Å². The van der Waals surface area contributed by atoms with Gasteiger partial charge >= 0.3 is 6.09 Å². The Hall–Kier alpha value is -3.79. The molecule has 3 aliphatic rings. The van der Waals surface area contributed by atoms with Crippen molar-refractivity contribution in [2.45, 2.75) is 84.9 Å². The van der Waals surface area contributed by atoms with Crippen LogP contribution in [0.5, 0.6) is 0 Å². The SMILES string of the molecule is CC1=C(C)C(=O)N(C[C@H]2CN(C(=O)OC(C)(C)C)[C@H](C)CN2CC(=O)N2CC(C)(C)c3ncc(Cc4ccc(F)cc4)cc32)C1. The first-order chi connectivity index (χ1) is 21.0. The highest BCUT2D eigenvalue weighted by Crippen LogP contribution is 2.40. The third-order valence-corrected chi connectivity index (χ3v) is 9.06. The number of anilines is 1. The fourth-order valence-corrected chi connectivity index (χ4v) is 6.54. The summed E-state index contributed by atoms with van der Waals surface area (Å²) in [6.45, 7) is 17.9. The molecule has 4 heterocycles. The Balaban J connectivity index is 1.37. The topological polar surface area (TPSA) is 86.3 Å². The lowest BCUT2D eigenvalue weighted by Gasteiger charge is -2.46. The zero-order valence-electron chi connectivity index (χ0n) is 27.8. The number of benzene rings is 1. The normalized spacial score (nSPS) is 21.9. The Morgan fingerprint density at radius 1 is 1.09 bits per heavy atom. The molecule has 1 saturated heterocycles. The van der Waals surface area contributed by atoms with Crippen LogP contribution in [0.1, 0.15) is 72.2 Å². The predicted octanol–water partition coefficient (Wildman–Crippen LogP) is 4.92. The number of rotatable bonds is 6. The van der Waals surface area contributed by atoms with Crippen LogP contribution in [0.3, 0.4) is 0 Å². The van der Waals surface area contributed by atoms with Crippen LogP contribution in [0.15, 0.2) is 47.7 Å². The van der Waals surface area contributed by atoms with E-state index in [2.05, 4.69) is 18.7 Å². The van der Waals surface area contributed by atoms with Gasteiger partial charge in [0.25, 0.3) is 0 Å². The lowest BCUT2D eigenvalue weighted by Crippen LogP contribution is -2.63. The second kappa shape index (κ2) is 12.2. The van der Waals surface area contributed by atoms with Crippen LogP contribution >= 0.6 is 0 Å². The lowest BCUT2D eigenvalue weighted by atomic mass is 9.91. The van der Waals surface area contributed by atoms with E-state index < -0.39 is 5.60 Å². The largest absolute Gasteiger partial charge is 0.444 e. The fourth-order valence-electron chi connectivity index (χ4n) is 6.54. The van der Waals surface area contributed by atoms with Gasteiger partial charge in [-0.1, -0.05) is 26.0 Å². The summed E-state index contributed by atoms with van der Waals surface area (Å²) in [5.74, 6) is -0.334. The van der Waals surface area contributed by atoms with Crippen molar-refractivity contribution in [1.29, 1.82) is 0 Å². The highest BCUT2D eigenvalue weighted by Gasteiger charge is 2.43. The summed E-state index contributed by atoms with van der Waals surface area (Å²) in [5, 5.41) is 0. The number of hydrogen-bond acceptors (Lipinski definition) is 6. The van der Waals surface area contributed by atoms with Gasteiger partial charge in [0.2, 0.25) is 11.8 Å². The minimum atomic E-state index is -0.637. The Bertz CT molecular complexity index is 1510. The van der Waals surface area contributed by atoms with Crippen molar-refractivity contribution in [2.75, 3.05) is 44.2 Å². The van der Waals surface area contributed by atoms with E-state index in [4.69, 9.17) is 9.72 Å².